The molecule has 4 N–H and O–H groups in total. The smallest absolute Gasteiger partial charge is 0.251 e. The van der Waals surface area contributed by atoms with Gasteiger partial charge in [0.1, 0.15) is 25.0 Å². The van der Waals surface area contributed by atoms with Crippen molar-refractivity contribution in [1.82, 2.24) is 5.32 Å². The van der Waals surface area contributed by atoms with Crippen molar-refractivity contribution in [2.75, 3.05) is 6.61 Å². The first-order valence-electron chi connectivity index (χ1n) is 8.38. The predicted molar refractivity (Wildman–Crippen MR) is 99.9 cm³/mol. The lowest BCUT2D eigenvalue weighted by Crippen LogP contribution is -2.48. The van der Waals surface area contributed by atoms with Gasteiger partial charge in [-0.05, 0) is 61.1 Å². The number of hydrogen-bond donors (Lipinski definition) is 4. The molecule has 0 aliphatic heterocycles. The summed E-state index contributed by atoms with van der Waals surface area (Å²) < 4.78 is 5.21. The highest BCUT2D eigenvalue weighted by Crippen LogP contribution is 2.06. The van der Waals surface area contributed by atoms with Crippen molar-refractivity contribution >= 4 is 11.7 Å². The van der Waals surface area contributed by atoms with Gasteiger partial charge in [0, 0.05) is 11.1 Å². The van der Waals surface area contributed by atoms with Gasteiger partial charge < -0.3 is 25.1 Å². The van der Waals surface area contributed by atoms with Gasteiger partial charge in [-0.2, -0.15) is 0 Å². The monoisotopic (exact) mass is 381 g/mol. The number of aliphatic hydroxyl groups is 3. The van der Waals surface area contributed by atoms with E-state index < -0.39 is 30.4 Å². The zero-order chi connectivity index (χ0) is 20.5. The van der Waals surface area contributed by atoms with Crippen LogP contribution < -0.4 is 5.32 Å². The first-order valence-corrected chi connectivity index (χ1v) is 8.38. The Labute approximate surface area is 162 Å². The number of carbonyl (C=O) groups is 2. The normalized spacial score (nSPS) is 12.0. The van der Waals surface area contributed by atoms with E-state index in [1.54, 1.807) is 24.3 Å². The van der Waals surface area contributed by atoms with E-state index in [9.17, 15) is 14.7 Å². The second-order valence-electron chi connectivity index (χ2n) is 5.82. The van der Waals surface area contributed by atoms with Gasteiger partial charge in [0.2, 0.25) is 0 Å². The van der Waals surface area contributed by atoms with E-state index in [0.717, 1.165) is 0 Å². The molecule has 0 radical (unpaired) electrons. The molecule has 2 rings (SSSR count). The van der Waals surface area contributed by atoms with Crippen molar-refractivity contribution in [1.29, 1.82) is 0 Å². The Kier molecular flexibility index (Phi) is 7.55. The van der Waals surface area contributed by atoms with Crippen molar-refractivity contribution in [3.8, 4) is 23.7 Å². The van der Waals surface area contributed by atoms with Crippen LogP contribution in [0.15, 0.2) is 40.8 Å². The Morgan fingerprint density at radius 2 is 1.75 bits per heavy atom. The molecule has 2 atom stereocenters. The summed E-state index contributed by atoms with van der Waals surface area (Å²) in [6, 6.07) is 8.36. The fraction of sp³-hybridized carbons (Fsp3) is 0.238. The topological polar surface area (TPSA) is 120 Å². The SMILES string of the molecule is CC(O)C(NC(=O)c1ccc(C#CC#Cc2ccc(CO)o2)cc1)C(=O)CO. The molecule has 1 amide bonds. The second kappa shape index (κ2) is 10.1. The van der Waals surface area contributed by atoms with Crippen molar-refractivity contribution in [2.45, 2.75) is 25.7 Å². The highest BCUT2D eigenvalue weighted by atomic mass is 16.4. The Hall–Kier alpha value is -3.36. The molecule has 144 valence electrons. The Morgan fingerprint density at radius 3 is 2.32 bits per heavy atom. The number of benzene rings is 1. The van der Waals surface area contributed by atoms with Gasteiger partial charge in [0.25, 0.3) is 5.91 Å². The van der Waals surface area contributed by atoms with Crippen LogP contribution in [0.4, 0.5) is 0 Å². The fourth-order valence-electron chi connectivity index (χ4n) is 2.22. The van der Waals surface area contributed by atoms with Crippen molar-refractivity contribution in [3.05, 3.63) is 59.0 Å². The van der Waals surface area contributed by atoms with Gasteiger partial charge in [-0.1, -0.05) is 5.92 Å². The lowest BCUT2D eigenvalue weighted by Gasteiger charge is -2.19. The first-order chi connectivity index (χ1) is 13.4. The van der Waals surface area contributed by atoms with Crippen LogP contribution in [0.5, 0.6) is 0 Å². The maximum atomic E-state index is 12.2. The van der Waals surface area contributed by atoms with Crippen molar-refractivity contribution in [3.63, 3.8) is 0 Å². The van der Waals surface area contributed by atoms with Crippen LogP contribution in [-0.4, -0.2) is 45.8 Å². The Bertz CT molecular complexity index is 951. The number of amides is 1. The van der Waals surface area contributed by atoms with E-state index in [1.165, 1.54) is 19.1 Å². The molecule has 1 aromatic heterocycles. The van der Waals surface area contributed by atoms with E-state index in [-0.39, 0.29) is 12.2 Å². The molecular formula is C21H19NO6. The third kappa shape index (κ3) is 5.83. The van der Waals surface area contributed by atoms with Crippen LogP contribution >= 0.6 is 0 Å². The van der Waals surface area contributed by atoms with Gasteiger partial charge in [0.05, 0.1) is 6.10 Å². The summed E-state index contributed by atoms with van der Waals surface area (Å²) in [5, 5.41) is 29.8. The second-order valence-corrected chi connectivity index (χ2v) is 5.82. The van der Waals surface area contributed by atoms with E-state index >= 15 is 0 Å². The summed E-state index contributed by atoms with van der Waals surface area (Å²) in [5.41, 5.74) is 0.903. The Morgan fingerprint density at radius 1 is 1.07 bits per heavy atom. The van der Waals surface area contributed by atoms with Crippen molar-refractivity contribution in [2.24, 2.45) is 0 Å². The first kappa shape index (κ1) is 20.9. The predicted octanol–water partition coefficient (Wildman–Crippen LogP) is 0.216. The molecule has 2 aromatic rings. The van der Waals surface area contributed by atoms with Gasteiger partial charge in [0.15, 0.2) is 11.5 Å². The van der Waals surface area contributed by atoms with Gasteiger partial charge in [-0.25, -0.2) is 0 Å². The molecule has 0 saturated heterocycles. The number of carbonyl (C=O) groups excluding carboxylic acids is 2. The summed E-state index contributed by atoms with van der Waals surface area (Å²) in [6.45, 7) is 0.385. The summed E-state index contributed by atoms with van der Waals surface area (Å²) in [4.78, 5) is 23.8. The summed E-state index contributed by atoms with van der Waals surface area (Å²) in [5.74, 6) is 10.4. The molecule has 0 aliphatic rings. The van der Waals surface area contributed by atoms with Gasteiger partial charge >= 0.3 is 0 Å². The van der Waals surface area contributed by atoms with E-state index in [0.29, 0.717) is 17.1 Å². The molecular weight excluding hydrogens is 362 g/mol. The van der Waals surface area contributed by atoms with E-state index in [2.05, 4.69) is 29.0 Å². The molecule has 7 heteroatoms. The largest absolute Gasteiger partial charge is 0.450 e. The summed E-state index contributed by atoms with van der Waals surface area (Å²) in [6.07, 6.45) is -1.13. The third-order valence-electron chi connectivity index (χ3n) is 3.69. The van der Waals surface area contributed by atoms with Crippen LogP contribution in [-0.2, 0) is 11.4 Å². The average Bonchev–Trinajstić information content (AvgIpc) is 3.17. The average molecular weight is 381 g/mol. The van der Waals surface area contributed by atoms with E-state index in [1.807, 2.05) is 0 Å². The molecule has 7 nitrogen and oxygen atoms in total. The molecule has 0 saturated carbocycles. The number of Topliss-reactive ketones (excluding diaryl/α,β-unsaturated/α-hetero) is 1. The number of rotatable bonds is 6. The number of furan rings is 1. The lowest BCUT2D eigenvalue weighted by molar-refractivity contribution is -0.125. The lowest BCUT2D eigenvalue weighted by atomic mass is 10.1. The molecule has 0 fully saturated rings. The summed E-state index contributed by atoms with van der Waals surface area (Å²) in [7, 11) is 0. The van der Waals surface area contributed by atoms with Gasteiger partial charge in [-0.15, -0.1) is 0 Å². The van der Waals surface area contributed by atoms with Gasteiger partial charge in [-0.3, -0.25) is 9.59 Å². The molecule has 1 heterocycles. The number of aliphatic hydroxyl groups excluding tert-OH is 3. The summed E-state index contributed by atoms with van der Waals surface area (Å²) >= 11 is 0. The molecule has 1 aromatic carbocycles. The minimum absolute atomic E-state index is 0.195. The van der Waals surface area contributed by atoms with Crippen LogP contribution in [0, 0.1) is 23.7 Å². The molecule has 0 bridgehead atoms. The maximum Gasteiger partial charge on any atom is 0.251 e. The third-order valence-corrected chi connectivity index (χ3v) is 3.69. The zero-order valence-corrected chi connectivity index (χ0v) is 15.1. The number of ketones is 1. The quantitative estimate of drug-likeness (QED) is 0.531. The Balaban J connectivity index is 2.01. The highest BCUT2D eigenvalue weighted by molar-refractivity contribution is 5.98. The molecule has 2 unspecified atom stereocenters. The van der Waals surface area contributed by atoms with Crippen molar-refractivity contribution < 1.29 is 29.3 Å². The molecule has 0 spiro atoms. The van der Waals surface area contributed by atoms with Crippen LogP contribution in [0.2, 0.25) is 0 Å². The maximum absolute atomic E-state index is 12.2. The van der Waals surface area contributed by atoms with Crippen LogP contribution in [0.1, 0.15) is 34.4 Å². The van der Waals surface area contributed by atoms with E-state index in [4.69, 9.17) is 14.6 Å². The molecule has 0 aliphatic carbocycles. The highest BCUT2D eigenvalue weighted by Gasteiger charge is 2.25. The standard InChI is InChI=1S/C21H19NO6/c1-14(25)20(19(26)13-24)22-21(27)16-8-6-15(7-9-16)4-2-3-5-17-10-11-18(12-23)28-17/h6-11,14,20,23-25H,12-13H2,1H3,(H,22,27). The van der Waals surface area contributed by atoms with Crippen LogP contribution in [0.3, 0.4) is 0 Å². The minimum Gasteiger partial charge on any atom is -0.450 e. The number of hydrogen-bond acceptors (Lipinski definition) is 6. The molecule has 28 heavy (non-hydrogen) atoms. The zero-order valence-electron chi connectivity index (χ0n) is 15.1. The fourth-order valence-corrected chi connectivity index (χ4v) is 2.22. The van der Waals surface area contributed by atoms with Crippen LogP contribution in [0.25, 0.3) is 0 Å². The number of nitrogens with one attached hydrogen (secondary N) is 1. The minimum atomic E-state index is -1.18.